The van der Waals surface area contributed by atoms with Crippen LogP contribution in [0.25, 0.3) is 0 Å². The van der Waals surface area contributed by atoms with E-state index in [1.165, 1.54) is 13.1 Å². The highest BCUT2D eigenvalue weighted by Gasteiger charge is 2.20. The number of carbonyl (C=O) groups is 2. The van der Waals surface area contributed by atoms with Gasteiger partial charge in [-0.25, -0.2) is 9.78 Å². The Morgan fingerprint density at radius 2 is 1.96 bits per heavy atom. The summed E-state index contributed by atoms with van der Waals surface area (Å²) in [4.78, 5) is 28.2. The van der Waals surface area contributed by atoms with Crippen LogP contribution in [-0.2, 0) is 9.53 Å². The minimum atomic E-state index is -0.944. The summed E-state index contributed by atoms with van der Waals surface area (Å²) >= 11 is 5.73. The van der Waals surface area contributed by atoms with Gasteiger partial charge in [0.15, 0.2) is 6.10 Å². The predicted octanol–water partition coefficient (Wildman–Crippen LogP) is 3.54. The fraction of sp³-hybridized carbons (Fsp3) is 0.235. The normalized spacial score (nSPS) is 11.7. The Labute approximate surface area is 139 Å². The molecule has 1 amide bonds. The maximum Gasteiger partial charge on any atom is 0.339 e. The van der Waals surface area contributed by atoms with Crippen molar-refractivity contribution in [3.05, 3.63) is 58.2 Å². The van der Waals surface area contributed by atoms with E-state index < -0.39 is 18.0 Å². The van der Waals surface area contributed by atoms with Crippen molar-refractivity contribution in [3.63, 3.8) is 0 Å². The molecule has 1 atom stereocenters. The number of rotatable bonds is 4. The van der Waals surface area contributed by atoms with Crippen LogP contribution in [0.1, 0.15) is 28.4 Å². The fourth-order valence-electron chi connectivity index (χ4n) is 2.00. The van der Waals surface area contributed by atoms with Crippen LogP contribution >= 0.6 is 11.6 Å². The molecular weight excluding hydrogens is 316 g/mol. The highest BCUT2D eigenvalue weighted by molar-refractivity contribution is 6.30. The van der Waals surface area contributed by atoms with Crippen LogP contribution in [0.3, 0.4) is 0 Å². The fourth-order valence-corrected chi connectivity index (χ4v) is 2.11. The Morgan fingerprint density at radius 3 is 2.57 bits per heavy atom. The van der Waals surface area contributed by atoms with Crippen molar-refractivity contribution in [2.45, 2.75) is 26.9 Å². The van der Waals surface area contributed by atoms with Crippen LogP contribution in [0.4, 0.5) is 5.82 Å². The number of aryl methyl sites for hydroxylation is 2. The van der Waals surface area contributed by atoms with Crippen molar-refractivity contribution in [2.24, 2.45) is 0 Å². The van der Waals surface area contributed by atoms with E-state index >= 15 is 0 Å². The standard InChI is InChI=1S/C17H17ClN2O3/c1-10-4-6-14(11(2)8-10)17(22)23-12(3)16(21)20-15-7-5-13(18)9-19-15/h4-9,12H,1-3H3,(H,19,20,21)/t12-/m0/s1. The summed E-state index contributed by atoms with van der Waals surface area (Å²) in [5.41, 5.74) is 2.31. The summed E-state index contributed by atoms with van der Waals surface area (Å²) in [5, 5.41) is 3.03. The first-order chi connectivity index (χ1) is 10.9. The molecule has 0 bridgehead atoms. The summed E-state index contributed by atoms with van der Waals surface area (Å²) in [7, 11) is 0. The minimum absolute atomic E-state index is 0.341. The van der Waals surface area contributed by atoms with Crippen molar-refractivity contribution in [2.75, 3.05) is 5.32 Å². The Kier molecular flexibility index (Phi) is 5.34. The third-order valence-corrected chi connectivity index (χ3v) is 3.46. The number of halogens is 1. The van der Waals surface area contributed by atoms with Gasteiger partial charge in [-0.15, -0.1) is 0 Å². The molecule has 0 aliphatic heterocycles. The first-order valence-electron chi connectivity index (χ1n) is 7.07. The Bertz CT molecular complexity index is 729. The lowest BCUT2D eigenvalue weighted by Gasteiger charge is -2.14. The molecule has 0 radical (unpaired) electrons. The number of ether oxygens (including phenoxy) is 1. The van der Waals surface area contributed by atoms with Gasteiger partial charge in [-0.05, 0) is 44.5 Å². The molecule has 0 aliphatic rings. The Hall–Kier alpha value is -2.40. The number of amides is 1. The number of benzene rings is 1. The zero-order chi connectivity index (χ0) is 17.0. The summed E-state index contributed by atoms with van der Waals surface area (Å²) in [6.45, 7) is 5.27. The van der Waals surface area contributed by atoms with Gasteiger partial charge >= 0.3 is 5.97 Å². The lowest BCUT2D eigenvalue weighted by Crippen LogP contribution is -2.30. The zero-order valence-corrected chi connectivity index (χ0v) is 13.8. The van der Waals surface area contributed by atoms with E-state index in [0.717, 1.165) is 11.1 Å². The van der Waals surface area contributed by atoms with Gasteiger partial charge in [-0.1, -0.05) is 29.3 Å². The molecule has 6 heteroatoms. The smallest absolute Gasteiger partial charge is 0.339 e. The number of pyridine rings is 1. The molecule has 0 saturated carbocycles. The molecular formula is C17H17ClN2O3. The number of hydrogen-bond acceptors (Lipinski definition) is 4. The lowest BCUT2D eigenvalue weighted by molar-refractivity contribution is -0.123. The molecule has 120 valence electrons. The molecule has 0 aliphatic carbocycles. The molecule has 2 aromatic rings. The summed E-state index contributed by atoms with van der Waals surface area (Å²) in [5.74, 6) is -0.652. The largest absolute Gasteiger partial charge is 0.449 e. The van der Waals surface area contributed by atoms with Gasteiger partial charge in [-0.2, -0.15) is 0 Å². The monoisotopic (exact) mass is 332 g/mol. The molecule has 23 heavy (non-hydrogen) atoms. The minimum Gasteiger partial charge on any atom is -0.449 e. The first-order valence-corrected chi connectivity index (χ1v) is 7.45. The van der Waals surface area contributed by atoms with E-state index in [4.69, 9.17) is 16.3 Å². The molecule has 5 nitrogen and oxygen atoms in total. The van der Waals surface area contributed by atoms with Crippen molar-refractivity contribution in [3.8, 4) is 0 Å². The highest BCUT2D eigenvalue weighted by atomic mass is 35.5. The molecule has 0 fully saturated rings. The van der Waals surface area contributed by atoms with Gasteiger partial charge in [0.1, 0.15) is 5.82 Å². The topological polar surface area (TPSA) is 68.3 Å². The summed E-state index contributed by atoms with van der Waals surface area (Å²) in [6.07, 6.45) is 0.476. The van der Waals surface area contributed by atoms with Crippen molar-refractivity contribution < 1.29 is 14.3 Å². The van der Waals surface area contributed by atoms with Crippen LogP contribution in [-0.4, -0.2) is 23.0 Å². The number of esters is 1. The molecule has 2 rings (SSSR count). The van der Waals surface area contributed by atoms with E-state index in [0.29, 0.717) is 16.4 Å². The van der Waals surface area contributed by atoms with Gasteiger partial charge < -0.3 is 10.1 Å². The van der Waals surface area contributed by atoms with Crippen molar-refractivity contribution in [1.29, 1.82) is 0 Å². The third-order valence-electron chi connectivity index (χ3n) is 3.23. The van der Waals surface area contributed by atoms with Crippen LogP contribution in [0.5, 0.6) is 0 Å². The molecule has 0 saturated heterocycles. The number of nitrogens with one attached hydrogen (secondary N) is 1. The molecule has 0 unspecified atom stereocenters. The number of aromatic nitrogens is 1. The lowest BCUT2D eigenvalue weighted by atomic mass is 10.1. The summed E-state index contributed by atoms with van der Waals surface area (Å²) in [6, 6.07) is 8.58. The van der Waals surface area contributed by atoms with Gasteiger partial charge in [0.25, 0.3) is 5.91 Å². The zero-order valence-electron chi connectivity index (χ0n) is 13.1. The van der Waals surface area contributed by atoms with Crippen molar-refractivity contribution in [1.82, 2.24) is 4.98 Å². The molecule has 0 spiro atoms. The second kappa shape index (κ2) is 7.24. The quantitative estimate of drug-likeness (QED) is 0.869. The van der Waals surface area contributed by atoms with Crippen LogP contribution < -0.4 is 5.32 Å². The number of nitrogens with zero attached hydrogens (tertiary/aromatic N) is 1. The second-order valence-corrected chi connectivity index (χ2v) is 5.65. The van der Waals surface area contributed by atoms with Crippen LogP contribution in [0.15, 0.2) is 36.5 Å². The van der Waals surface area contributed by atoms with Crippen LogP contribution in [0.2, 0.25) is 5.02 Å². The van der Waals surface area contributed by atoms with E-state index in [9.17, 15) is 9.59 Å². The second-order valence-electron chi connectivity index (χ2n) is 5.22. The van der Waals surface area contributed by atoms with Crippen LogP contribution in [0, 0.1) is 13.8 Å². The predicted molar refractivity (Wildman–Crippen MR) is 88.7 cm³/mol. The average molecular weight is 333 g/mol. The Balaban J connectivity index is 2.00. The van der Waals surface area contributed by atoms with E-state index in [1.54, 1.807) is 18.2 Å². The molecule has 1 N–H and O–H groups in total. The van der Waals surface area contributed by atoms with Gasteiger partial charge in [0, 0.05) is 6.20 Å². The van der Waals surface area contributed by atoms with E-state index in [1.807, 2.05) is 26.0 Å². The maximum atomic E-state index is 12.2. The number of anilines is 1. The summed E-state index contributed by atoms with van der Waals surface area (Å²) < 4.78 is 5.21. The SMILES string of the molecule is Cc1ccc(C(=O)O[C@@H](C)C(=O)Nc2ccc(Cl)cn2)c(C)c1. The molecule has 1 aromatic carbocycles. The third kappa shape index (κ3) is 4.53. The van der Waals surface area contributed by atoms with Gasteiger partial charge in [0.2, 0.25) is 0 Å². The van der Waals surface area contributed by atoms with E-state index in [-0.39, 0.29) is 0 Å². The number of hydrogen-bond donors (Lipinski definition) is 1. The van der Waals surface area contributed by atoms with Crippen molar-refractivity contribution >= 4 is 29.3 Å². The number of carbonyl (C=O) groups excluding carboxylic acids is 2. The van der Waals surface area contributed by atoms with Gasteiger partial charge in [-0.3, -0.25) is 4.79 Å². The maximum absolute atomic E-state index is 12.2. The van der Waals surface area contributed by atoms with Gasteiger partial charge in [0.05, 0.1) is 10.6 Å². The average Bonchev–Trinajstić information content (AvgIpc) is 2.49. The molecule has 1 heterocycles. The highest BCUT2D eigenvalue weighted by Crippen LogP contribution is 2.14. The first kappa shape index (κ1) is 17.0. The Morgan fingerprint density at radius 1 is 1.22 bits per heavy atom. The molecule has 1 aromatic heterocycles. The van der Waals surface area contributed by atoms with E-state index in [2.05, 4.69) is 10.3 Å².